The minimum absolute atomic E-state index is 0.108. The molecule has 8 nitrogen and oxygen atoms in total. The Morgan fingerprint density at radius 3 is 2.41 bits per heavy atom. The molecule has 5 rings (SSSR count). The number of fused-ring (bicyclic) bond motifs is 1. The van der Waals surface area contributed by atoms with E-state index in [1.807, 2.05) is 60.7 Å². The first kappa shape index (κ1) is 24.5. The summed E-state index contributed by atoms with van der Waals surface area (Å²) in [5, 5.41) is 5.68. The van der Waals surface area contributed by atoms with Crippen molar-refractivity contribution in [3.05, 3.63) is 100 Å². The van der Waals surface area contributed by atoms with E-state index in [4.69, 9.17) is 0 Å². The maximum absolute atomic E-state index is 13.0. The first-order valence-corrected chi connectivity index (χ1v) is 13.2. The Hall–Kier alpha value is -4.15. The summed E-state index contributed by atoms with van der Waals surface area (Å²) in [5.74, 6) is -0.361. The summed E-state index contributed by atoms with van der Waals surface area (Å²) in [7, 11) is 1.78. The third-order valence-corrected chi connectivity index (χ3v) is 7.97. The number of nitrogens with one attached hydrogen (secondary N) is 2. The van der Waals surface area contributed by atoms with Crippen LogP contribution < -0.4 is 16.2 Å². The molecule has 0 saturated heterocycles. The van der Waals surface area contributed by atoms with Gasteiger partial charge in [-0.3, -0.25) is 19.1 Å². The smallest absolute Gasteiger partial charge is 0.295 e. The molecular weight excluding hydrogens is 506 g/mol. The molecule has 2 amide bonds. The first-order valence-electron chi connectivity index (χ1n) is 11.4. The van der Waals surface area contributed by atoms with Crippen molar-refractivity contribution in [1.29, 1.82) is 0 Å². The van der Waals surface area contributed by atoms with Crippen molar-refractivity contribution in [2.24, 2.45) is 7.05 Å². The maximum atomic E-state index is 13.0. The number of carbonyl (C=O) groups is 2. The lowest BCUT2D eigenvalue weighted by atomic mass is 10.2. The van der Waals surface area contributed by atoms with Crippen LogP contribution in [0, 0.1) is 6.92 Å². The van der Waals surface area contributed by atoms with Crippen LogP contribution in [0.2, 0.25) is 0 Å². The summed E-state index contributed by atoms with van der Waals surface area (Å²) >= 11 is 2.74. The molecule has 2 heterocycles. The number of aromatic nitrogens is 3. The molecule has 2 aromatic heterocycles. The highest BCUT2D eigenvalue weighted by molar-refractivity contribution is 8.01. The Morgan fingerprint density at radius 1 is 0.973 bits per heavy atom. The standard InChI is InChI=1S/C27H23N5O3S2/c1-17-24(26(35)32(31(17)2)20-11-7-4-8-12-20)30-23(33)16-36-27-29-21-14-13-19(15-22(21)37-27)28-25(34)18-9-5-3-6-10-18/h3-15H,16H2,1-2H3,(H,28,34)(H,30,33). The van der Waals surface area contributed by atoms with Gasteiger partial charge >= 0.3 is 0 Å². The SMILES string of the molecule is Cc1c(NC(=O)CSc2nc3ccc(NC(=O)c4ccccc4)cc3s2)c(=O)n(-c2ccccc2)n1C. The van der Waals surface area contributed by atoms with Crippen LogP contribution in [0.15, 0.2) is 88.0 Å². The summed E-state index contributed by atoms with van der Waals surface area (Å²) in [5.41, 5.74) is 3.41. The topological polar surface area (TPSA) is 98.0 Å². The predicted molar refractivity (Wildman–Crippen MR) is 149 cm³/mol. The Bertz CT molecular complexity index is 1660. The lowest BCUT2D eigenvalue weighted by Gasteiger charge is -2.07. The molecule has 0 spiro atoms. The molecule has 5 aromatic rings. The number of anilines is 2. The molecule has 0 atom stereocenters. The van der Waals surface area contributed by atoms with Crippen molar-refractivity contribution in [3.63, 3.8) is 0 Å². The number of nitrogens with zero attached hydrogens (tertiary/aromatic N) is 3. The highest BCUT2D eigenvalue weighted by atomic mass is 32.2. The molecule has 10 heteroatoms. The van der Waals surface area contributed by atoms with Crippen LogP contribution in [0.4, 0.5) is 11.4 Å². The van der Waals surface area contributed by atoms with Gasteiger partial charge in [-0.05, 0) is 49.4 Å². The van der Waals surface area contributed by atoms with Gasteiger partial charge < -0.3 is 10.6 Å². The largest absolute Gasteiger partial charge is 0.322 e. The van der Waals surface area contributed by atoms with E-state index < -0.39 is 0 Å². The average Bonchev–Trinajstić information content (AvgIpc) is 3.41. The number of para-hydroxylation sites is 1. The second-order valence-corrected chi connectivity index (χ2v) is 10.5. The van der Waals surface area contributed by atoms with Crippen LogP contribution in [0.25, 0.3) is 15.9 Å². The van der Waals surface area contributed by atoms with Crippen LogP contribution in [-0.4, -0.2) is 31.9 Å². The summed E-state index contributed by atoms with van der Waals surface area (Å²) in [6, 6.07) is 23.8. The highest BCUT2D eigenvalue weighted by Gasteiger charge is 2.18. The average molecular weight is 530 g/mol. The lowest BCUT2D eigenvalue weighted by molar-refractivity contribution is -0.113. The molecule has 0 aliphatic carbocycles. The van der Waals surface area contributed by atoms with E-state index in [2.05, 4.69) is 15.6 Å². The number of thiazole rings is 1. The van der Waals surface area contributed by atoms with Crippen molar-refractivity contribution in [3.8, 4) is 5.69 Å². The van der Waals surface area contributed by atoms with Crippen molar-refractivity contribution in [1.82, 2.24) is 14.3 Å². The molecule has 0 radical (unpaired) electrons. The molecule has 0 aliphatic heterocycles. The predicted octanol–water partition coefficient (Wildman–Crippen LogP) is 5.08. The van der Waals surface area contributed by atoms with Gasteiger partial charge in [-0.1, -0.05) is 48.2 Å². The molecule has 0 fully saturated rings. The van der Waals surface area contributed by atoms with E-state index in [-0.39, 0.29) is 28.8 Å². The first-order chi connectivity index (χ1) is 17.9. The maximum Gasteiger partial charge on any atom is 0.295 e. The van der Waals surface area contributed by atoms with E-state index >= 15 is 0 Å². The molecule has 2 N–H and O–H groups in total. The van der Waals surface area contributed by atoms with E-state index in [1.165, 1.54) is 27.8 Å². The third kappa shape index (κ3) is 5.20. The summed E-state index contributed by atoms with van der Waals surface area (Å²) in [6.45, 7) is 1.80. The van der Waals surface area contributed by atoms with Crippen molar-refractivity contribution in [2.75, 3.05) is 16.4 Å². The normalized spacial score (nSPS) is 11.0. The van der Waals surface area contributed by atoms with Crippen LogP contribution >= 0.6 is 23.1 Å². The third-order valence-electron chi connectivity index (χ3n) is 5.81. The minimum atomic E-state index is -0.286. The highest BCUT2D eigenvalue weighted by Crippen LogP contribution is 2.31. The van der Waals surface area contributed by atoms with Crippen LogP contribution in [-0.2, 0) is 11.8 Å². The van der Waals surface area contributed by atoms with Gasteiger partial charge in [0.05, 0.1) is 27.4 Å². The fourth-order valence-corrected chi connectivity index (χ4v) is 5.76. The molecule has 0 unspecified atom stereocenters. The van der Waals surface area contributed by atoms with Gasteiger partial charge in [0.1, 0.15) is 5.69 Å². The van der Waals surface area contributed by atoms with Gasteiger partial charge in [-0.2, -0.15) is 0 Å². The van der Waals surface area contributed by atoms with E-state index in [0.29, 0.717) is 16.9 Å². The minimum Gasteiger partial charge on any atom is -0.322 e. The number of hydrogen-bond acceptors (Lipinski definition) is 6. The van der Waals surface area contributed by atoms with Crippen LogP contribution in [0.3, 0.4) is 0 Å². The second-order valence-electron chi connectivity index (χ2n) is 8.26. The van der Waals surface area contributed by atoms with E-state index in [0.717, 1.165) is 20.2 Å². The molecule has 0 aliphatic rings. The molecule has 186 valence electrons. The fraction of sp³-hybridized carbons (Fsp3) is 0.111. The Morgan fingerprint density at radius 2 is 1.68 bits per heavy atom. The van der Waals surface area contributed by atoms with Gasteiger partial charge in [0, 0.05) is 18.3 Å². The molecule has 0 saturated carbocycles. The van der Waals surface area contributed by atoms with E-state index in [9.17, 15) is 14.4 Å². The van der Waals surface area contributed by atoms with Gasteiger partial charge in [0.2, 0.25) is 5.91 Å². The summed E-state index contributed by atoms with van der Waals surface area (Å²) in [6.07, 6.45) is 0. The lowest BCUT2D eigenvalue weighted by Crippen LogP contribution is -2.23. The zero-order valence-electron chi connectivity index (χ0n) is 20.1. The molecule has 37 heavy (non-hydrogen) atoms. The Balaban J connectivity index is 1.25. The fourth-order valence-electron chi connectivity index (χ4n) is 3.85. The number of amides is 2. The van der Waals surface area contributed by atoms with Gasteiger partial charge in [-0.25, -0.2) is 9.67 Å². The van der Waals surface area contributed by atoms with Gasteiger partial charge in [0.15, 0.2) is 4.34 Å². The Kier molecular flexibility index (Phi) is 6.93. The van der Waals surface area contributed by atoms with Gasteiger partial charge in [-0.15, -0.1) is 11.3 Å². The number of rotatable bonds is 7. The Labute approximate surface area is 220 Å². The zero-order valence-corrected chi connectivity index (χ0v) is 21.7. The van der Waals surface area contributed by atoms with Gasteiger partial charge in [0.25, 0.3) is 11.5 Å². The van der Waals surface area contributed by atoms with Crippen LogP contribution in [0.5, 0.6) is 0 Å². The van der Waals surface area contributed by atoms with Crippen molar-refractivity contribution in [2.45, 2.75) is 11.3 Å². The molecule has 0 bridgehead atoms. The number of hydrogen-bond donors (Lipinski definition) is 2. The quantitative estimate of drug-likeness (QED) is 0.287. The monoisotopic (exact) mass is 529 g/mol. The summed E-state index contributed by atoms with van der Waals surface area (Å²) in [4.78, 5) is 42.7. The molecular formula is C27H23N5O3S2. The number of thioether (sulfide) groups is 1. The number of benzene rings is 3. The second kappa shape index (κ2) is 10.5. The van der Waals surface area contributed by atoms with Crippen LogP contribution in [0.1, 0.15) is 16.1 Å². The molecule has 3 aromatic carbocycles. The summed E-state index contributed by atoms with van der Waals surface area (Å²) < 4.78 is 4.88. The number of carbonyl (C=O) groups excluding carboxylic acids is 2. The van der Waals surface area contributed by atoms with Crippen molar-refractivity contribution >= 4 is 56.5 Å². The van der Waals surface area contributed by atoms with Crippen molar-refractivity contribution < 1.29 is 9.59 Å². The zero-order chi connectivity index (χ0) is 25.9. The van der Waals surface area contributed by atoms with E-state index in [1.54, 1.807) is 36.9 Å².